The Morgan fingerprint density at radius 1 is 1.38 bits per heavy atom. The van der Waals surface area contributed by atoms with E-state index in [1.165, 1.54) is 25.7 Å². The van der Waals surface area contributed by atoms with Crippen LogP contribution in [-0.4, -0.2) is 41.5 Å². The fourth-order valence-corrected chi connectivity index (χ4v) is 3.73. The summed E-state index contributed by atoms with van der Waals surface area (Å²) in [5, 5.41) is 3.35. The van der Waals surface area contributed by atoms with Crippen LogP contribution in [0.4, 0.5) is 0 Å². The van der Waals surface area contributed by atoms with Crippen LogP contribution in [-0.2, 0) is 4.79 Å². The molecule has 1 aliphatic carbocycles. The lowest BCUT2D eigenvalue weighted by Crippen LogP contribution is -2.58. The van der Waals surface area contributed by atoms with E-state index in [4.69, 9.17) is 5.73 Å². The van der Waals surface area contributed by atoms with Crippen LogP contribution in [0.25, 0.3) is 0 Å². The molecule has 4 heteroatoms. The molecule has 0 aromatic heterocycles. The molecule has 0 radical (unpaired) electrons. The van der Waals surface area contributed by atoms with Crippen molar-refractivity contribution in [1.29, 1.82) is 0 Å². The first-order chi connectivity index (χ1) is 9.65. The van der Waals surface area contributed by atoms with Gasteiger partial charge in [-0.1, -0.05) is 19.8 Å². The van der Waals surface area contributed by atoms with Crippen molar-refractivity contribution in [3.8, 4) is 0 Å². The molecule has 4 nitrogen and oxygen atoms in total. The highest BCUT2D eigenvalue weighted by Gasteiger charge is 2.35. The maximum absolute atomic E-state index is 11.9. The van der Waals surface area contributed by atoms with Crippen molar-refractivity contribution in [1.82, 2.24) is 10.2 Å². The number of nitrogens with two attached hydrogens (primary N) is 1. The van der Waals surface area contributed by atoms with Crippen molar-refractivity contribution >= 4 is 5.91 Å². The molecule has 0 saturated heterocycles. The Balaban J connectivity index is 2.67. The van der Waals surface area contributed by atoms with Crippen LogP contribution in [0.3, 0.4) is 0 Å². The molecule has 0 spiro atoms. The lowest BCUT2D eigenvalue weighted by Gasteiger charge is -2.41. The average molecular weight is 297 g/mol. The van der Waals surface area contributed by atoms with Crippen molar-refractivity contribution < 1.29 is 4.79 Å². The zero-order valence-corrected chi connectivity index (χ0v) is 14.8. The number of hydrogen-bond donors (Lipinski definition) is 2. The van der Waals surface area contributed by atoms with Gasteiger partial charge in [0, 0.05) is 18.1 Å². The fraction of sp³-hybridized carbons (Fsp3) is 0.941. The van der Waals surface area contributed by atoms with E-state index in [2.05, 4.69) is 45.0 Å². The number of nitrogens with one attached hydrogen (secondary N) is 1. The third kappa shape index (κ3) is 5.26. The second kappa shape index (κ2) is 7.59. The summed E-state index contributed by atoms with van der Waals surface area (Å²) < 4.78 is 0. The van der Waals surface area contributed by atoms with E-state index in [1.807, 2.05) is 6.92 Å². The third-order valence-electron chi connectivity index (χ3n) is 5.03. The predicted molar refractivity (Wildman–Crippen MR) is 89.1 cm³/mol. The Labute approximate surface area is 130 Å². The van der Waals surface area contributed by atoms with Crippen LogP contribution in [0.15, 0.2) is 0 Å². The summed E-state index contributed by atoms with van der Waals surface area (Å²) in [5.74, 6) is 0.558. The molecule has 1 aliphatic rings. The second-order valence-electron chi connectivity index (χ2n) is 7.64. The third-order valence-corrected chi connectivity index (χ3v) is 5.03. The van der Waals surface area contributed by atoms with Gasteiger partial charge in [-0.3, -0.25) is 4.79 Å². The maximum Gasteiger partial charge on any atom is 0.237 e. The highest BCUT2D eigenvalue weighted by Crippen LogP contribution is 2.29. The number of amides is 1. The molecular formula is C17H35N3O. The summed E-state index contributed by atoms with van der Waals surface area (Å²) in [6.45, 7) is 10.6. The number of carbonyl (C=O) groups excluding carboxylic acids is 1. The van der Waals surface area contributed by atoms with Crippen LogP contribution < -0.4 is 11.1 Å². The molecule has 1 fully saturated rings. The quantitative estimate of drug-likeness (QED) is 0.759. The van der Waals surface area contributed by atoms with E-state index in [9.17, 15) is 4.79 Å². The largest absolute Gasteiger partial charge is 0.368 e. The van der Waals surface area contributed by atoms with Gasteiger partial charge in [0.1, 0.15) is 0 Å². The van der Waals surface area contributed by atoms with Gasteiger partial charge >= 0.3 is 0 Å². The van der Waals surface area contributed by atoms with Crippen LogP contribution in [0.5, 0.6) is 0 Å². The molecule has 124 valence electrons. The highest BCUT2D eigenvalue weighted by atomic mass is 16.1. The molecule has 0 aromatic carbocycles. The molecule has 1 rings (SSSR count). The molecule has 1 amide bonds. The second-order valence-corrected chi connectivity index (χ2v) is 7.64. The molecule has 0 aromatic rings. The molecule has 0 bridgehead atoms. The average Bonchev–Trinajstić information content (AvgIpc) is 2.36. The molecular weight excluding hydrogens is 262 g/mol. The molecule has 4 unspecified atom stereocenters. The lowest BCUT2D eigenvalue weighted by atomic mass is 9.84. The van der Waals surface area contributed by atoms with Crippen LogP contribution in [0.1, 0.15) is 66.7 Å². The summed E-state index contributed by atoms with van der Waals surface area (Å²) in [4.78, 5) is 14.3. The SMILES string of the molecule is CC1CCCC(N(C)C(C)CC(C)(NC(C)C)C(N)=O)C1. The number of carbonyl (C=O) groups is 1. The zero-order valence-electron chi connectivity index (χ0n) is 14.8. The van der Waals surface area contributed by atoms with Gasteiger partial charge in [-0.25, -0.2) is 0 Å². The number of hydrogen-bond acceptors (Lipinski definition) is 3. The van der Waals surface area contributed by atoms with E-state index >= 15 is 0 Å². The van der Waals surface area contributed by atoms with Crippen LogP contribution in [0, 0.1) is 5.92 Å². The van der Waals surface area contributed by atoms with E-state index in [1.54, 1.807) is 0 Å². The number of rotatable bonds is 7. The monoisotopic (exact) mass is 297 g/mol. The first-order valence-corrected chi connectivity index (χ1v) is 8.45. The highest BCUT2D eigenvalue weighted by molar-refractivity contribution is 5.84. The summed E-state index contributed by atoms with van der Waals surface area (Å²) in [6.07, 6.45) is 5.97. The molecule has 0 heterocycles. The molecule has 4 atom stereocenters. The Hall–Kier alpha value is -0.610. The molecule has 21 heavy (non-hydrogen) atoms. The summed E-state index contributed by atoms with van der Waals surface area (Å²) >= 11 is 0. The van der Waals surface area contributed by atoms with Gasteiger partial charge in [-0.05, 0) is 59.9 Å². The topological polar surface area (TPSA) is 58.4 Å². The summed E-state index contributed by atoms with van der Waals surface area (Å²) in [5.41, 5.74) is 5.01. The van der Waals surface area contributed by atoms with Gasteiger partial charge in [0.25, 0.3) is 0 Å². The number of nitrogens with zero attached hydrogens (tertiary/aromatic N) is 1. The predicted octanol–water partition coefficient (Wildman–Crippen LogP) is 2.52. The Kier molecular flexibility index (Phi) is 6.67. The Morgan fingerprint density at radius 2 is 2.00 bits per heavy atom. The molecule has 3 N–H and O–H groups in total. The molecule has 1 saturated carbocycles. The van der Waals surface area contributed by atoms with Gasteiger partial charge in [-0.15, -0.1) is 0 Å². The standard InChI is InChI=1S/C17H35N3O/c1-12(2)19-17(5,16(18)21)11-14(4)20(6)15-9-7-8-13(3)10-15/h12-15,19H,7-11H2,1-6H3,(H2,18,21). The van der Waals surface area contributed by atoms with Crippen molar-refractivity contribution in [2.45, 2.75) is 90.4 Å². The van der Waals surface area contributed by atoms with Crippen molar-refractivity contribution in [3.63, 3.8) is 0 Å². The number of primary amides is 1. The normalized spacial score (nSPS) is 27.6. The van der Waals surface area contributed by atoms with Gasteiger partial charge in [0.2, 0.25) is 5.91 Å². The first-order valence-electron chi connectivity index (χ1n) is 8.45. The van der Waals surface area contributed by atoms with E-state index in [0.29, 0.717) is 12.1 Å². The van der Waals surface area contributed by atoms with Crippen molar-refractivity contribution in [2.24, 2.45) is 11.7 Å². The first kappa shape index (κ1) is 18.4. The minimum Gasteiger partial charge on any atom is -0.368 e. The Morgan fingerprint density at radius 3 is 2.48 bits per heavy atom. The zero-order chi connectivity index (χ0) is 16.2. The lowest BCUT2D eigenvalue weighted by molar-refractivity contribution is -0.125. The van der Waals surface area contributed by atoms with E-state index in [-0.39, 0.29) is 11.9 Å². The van der Waals surface area contributed by atoms with E-state index in [0.717, 1.165) is 12.3 Å². The minimum absolute atomic E-state index is 0.245. The van der Waals surface area contributed by atoms with Crippen molar-refractivity contribution in [3.05, 3.63) is 0 Å². The van der Waals surface area contributed by atoms with Gasteiger partial charge in [0.15, 0.2) is 0 Å². The van der Waals surface area contributed by atoms with Gasteiger partial charge in [0.05, 0.1) is 5.54 Å². The molecule has 0 aliphatic heterocycles. The smallest absolute Gasteiger partial charge is 0.237 e. The minimum atomic E-state index is -0.637. The summed E-state index contributed by atoms with van der Waals surface area (Å²) in [7, 11) is 2.20. The van der Waals surface area contributed by atoms with Gasteiger partial charge < -0.3 is 16.0 Å². The van der Waals surface area contributed by atoms with Crippen LogP contribution >= 0.6 is 0 Å². The van der Waals surface area contributed by atoms with Gasteiger partial charge in [-0.2, -0.15) is 0 Å². The van der Waals surface area contributed by atoms with Crippen molar-refractivity contribution in [2.75, 3.05) is 7.05 Å². The maximum atomic E-state index is 11.9. The van der Waals surface area contributed by atoms with E-state index < -0.39 is 5.54 Å². The Bertz CT molecular complexity index is 345. The fourth-order valence-electron chi connectivity index (χ4n) is 3.73. The summed E-state index contributed by atoms with van der Waals surface area (Å²) in [6, 6.07) is 1.22. The van der Waals surface area contributed by atoms with Crippen LogP contribution in [0.2, 0.25) is 0 Å².